The molecule has 1 unspecified atom stereocenters. The monoisotopic (exact) mass is 395 g/mol. The van der Waals surface area contributed by atoms with Crippen LogP contribution in [0.15, 0.2) is 16.9 Å². The second kappa shape index (κ2) is 7.13. The molecule has 8 heteroatoms. The zero-order chi connectivity index (χ0) is 18.6. The number of hydrogen-bond donors (Lipinski definition) is 2. The molecule has 0 bridgehead atoms. The molecule has 1 aromatic carbocycles. The van der Waals surface area contributed by atoms with E-state index in [1.54, 1.807) is 4.57 Å². The van der Waals surface area contributed by atoms with Gasteiger partial charge in [0.25, 0.3) is 5.56 Å². The molecule has 1 aliphatic heterocycles. The molecule has 146 valence electrons. The van der Waals surface area contributed by atoms with Crippen molar-refractivity contribution in [2.75, 3.05) is 24.5 Å². The lowest BCUT2D eigenvalue weighted by Crippen LogP contribution is -2.28. The molecule has 4 rings (SSSR count). The number of rotatable bonds is 4. The molecule has 6 nitrogen and oxygen atoms in total. The number of benzene rings is 1. The van der Waals surface area contributed by atoms with Gasteiger partial charge in [-0.3, -0.25) is 4.79 Å². The van der Waals surface area contributed by atoms with Gasteiger partial charge in [0, 0.05) is 24.5 Å². The van der Waals surface area contributed by atoms with Crippen LogP contribution in [0.2, 0.25) is 0 Å². The van der Waals surface area contributed by atoms with Crippen molar-refractivity contribution in [2.45, 2.75) is 32.2 Å². The van der Waals surface area contributed by atoms with Crippen molar-refractivity contribution in [3.63, 3.8) is 0 Å². The smallest absolute Gasteiger partial charge is 0.341 e. The molecular formula is C19H23ClFN3O3. The van der Waals surface area contributed by atoms with Crippen LogP contribution in [0.25, 0.3) is 10.9 Å². The summed E-state index contributed by atoms with van der Waals surface area (Å²) in [7, 11) is 0. The topological polar surface area (TPSA) is 88.6 Å². The quantitative estimate of drug-likeness (QED) is 0.830. The van der Waals surface area contributed by atoms with Crippen molar-refractivity contribution >= 4 is 35.0 Å². The minimum absolute atomic E-state index is 0. The maximum absolute atomic E-state index is 14.9. The number of halogens is 2. The van der Waals surface area contributed by atoms with E-state index < -0.39 is 11.5 Å². The highest BCUT2D eigenvalue weighted by Crippen LogP contribution is 2.40. The average molecular weight is 396 g/mol. The van der Waals surface area contributed by atoms with Crippen molar-refractivity contribution in [3.8, 4) is 0 Å². The van der Waals surface area contributed by atoms with E-state index in [1.165, 1.54) is 12.1 Å². The fraction of sp³-hybridized carbons (Fsp3) is 0.474. The van der Waals surface area contributed by atoms with Crippen LogP contribution in [0, 0.1) is 18.7 Å². The minimum atomic E-state index is -1.28. The molecule has 2 aliphatic rings. The van der Waals surface area contributed by atoms with Crippen molar-refractivity contribution in [1.82, 2.24) is 4.57 Å². The number of nitrogens with zero attached hydrogens (tertiary/aromatic N) is 2. The Morgan fingerprint density at radius 2 is 2.04 bits per heavy atom. The zero-order valence-corrected chi connectivity index (χ0v) is 15.9. The minimum Gasteiger partial charge on any atom is -0.477 e. The number of aromatic nitrogens is 1. The Hall–Kier alpha value is -2.12. The third-order valence-corrected chi connectivity index (χ3v) is 5.56. The van der Waals surface area contributed by atoms with Gasteiger partial charge in [-0.1, -0.05) is 0 Å². The van der Waals surface area contributed by atoms with Crippen molar-refractivity contribution in [2.24, 2.45) is 11.7 Å². The summed E-state index contributed by atoms with van der Waals surface area (Å²) in [6.07, 6.45) is 2.59. The Balaban J connectivity index is 0.00000210. The van der Waals surface area contributed by atoms with E-state index in [4.69, 9.17) is 5.73 Å². The summed E-state index contributed by atoms with van der Waals surface area (Å²) in [5, 5.41) is 9.81. The maximum Gasteiger partial charge on any atom is 0.341 e. The van der Waals surface area contributed by atoms with Gasteiger partial charge < -0.3 is 20.3 Å². The number of nitrogens with two attached hydrogens (primary N) is 1. The van der Waals surface area contributed by atoms with Crippen molar-refractivity contribution < 1.29 is 14.3 Å². The Morgan fingerprint density at radius 3 is 2.59 bits per heavy atom. The number of carboxylic acids is 1. The van der Waals surface area contributed by atoms with Gasteiger partial charge in [-0.2, -0.15) is 0 Å². The van der Waals surface area contributed by atoms with Crippen LogP contribution in [0.3, 0.4) is 0 Å². The van der Waals surface area contributed by atoms with Crippen LogP contribution < -0.4 is 16.2 Å². The second-order valence-corrected chi connectivity index (χ2v) is 7.38. The summed E-state index contributed by atoms with van der Waals surface area (Å²) in [5.41, 5.74) is 6.79. The number of hydrogen-bond acceptors (Lipinski definition) is 4. The molecule has 0 radical (unpaired) electrons. The molecule has 3 N–H and O–H groups in total. The van der Waals surface area contributed by atoms with Crippen LogP contribution >= 0.6 is 12.4 Å². The van der Waals surface area contributed by atoms with Crippen LogP contribution in [0.1, 0.15) is 41.2 Å². The summed E-state index contributed by atoms with van der Waals surface area (Å²) in [6, 6.07) is 2.65. The average Bonchev–Trinajstić information content (AvgIpc) is 3.32. The highest BCUT2D eigenvalue weighted by Gasteiger charge is 2.32. The van der Waals surface area contributed by atoms with Gasteiger partial charge in [-0.25, -0.2) is 9.18 Å². The van der Waals surface area contributed by atoms with E-state index in [2.05, 4.69) is 0 Å². The van der Waals surface area contributed by atoms with Gasteiger partial charge in [0.2, 0.25) is 0 Å². The fourth-order valence-electron chi connectivity index (χ4n) is 4.11. The largest absolute Gasteiger partial charge is 0.477 e. The number of fused-ring (bicyclic) bond motifs is 1. The van der Waals surface area contributed by atoms with E-state index >= 15 is 0 Å². The third-order valence-electron chi connectivity index (χ3n) is 5.56. The van der Waals surface area contributed by atoms with Gasteiger partial charge in [0.15, 0.2) is 0 Å². The fourth-order valence-corrected chi connectivity index (χ4v) is 4.11. The summed E-state index contributed by atoms with van der Waals surface area (Å²) < 4.78 is 16.5. The SMILES string of the molecule is Cc1c(N2CCC(CN)C2)c(F)cc2cc(C(=O)O)c(=O)n(C3CC3)c12.Cl. The molecule has 1 saturated carbocycles. The molecule has 1 saturated heterocycles. The Bertz CT molecular complexity index is 971. The molecule has 27 heavy (non-hydrogen) atoms. The first kappa shape index (κ1) is 19.6. The summed E-state index contributed by atoms with van der Waals surface area (Å²) in [4.78, 5) is 26.2. The number of anilines is 1. The first-order chi connectivity index (χ1) is 12.4. The molecule has 0 spiro atoms. The summed E-state index contributed by atoms with van der Waals surface area (Å²) in [5.74, 6) is -1.33. The predicted octanol–water partition coefficient (Wildman–Crippen LogP) is 2.69. The number of pyridine rings is 1. The highest BCUT2D eigenvalue weighted by molar-refractivity contribution is 5.95. The van der Waals surface area contributed by atoms with Crippen LogP contribution in [0.5, 0.6) is 0 Å². The second-order valence-electron chi connectivity index (χ2n) is 7.38. The van der Waals surface area contributed by atoms with Crippen LogP contribution in [0.4, 0.5) is 10.1 Å². The predicted molar refractivity (Wildman–Crippen MR) is 105 cm³/mol. The lowest BCUT2D eigenvalue weighted by molar-refractivity contribution is 0.0694. The van der Waals surface area contributed by atoms with Gasteiger partial charge in [-0.15, -0.1) is 12.4 Å². The van der Waals surface area contributed by atoms with E-state index in [1.807, 2.05) is 11.8 Å². The molecule has 1 aromatic heterocycles. The van der Waals surface area contributed by atoms with Crippen LogP contribution in [-0.4, -0.2) is 35.3 Å². The summed E-state index contributed by atoms with van der Waals surface area (Å²) in [6.45, 7) is 3.81. The number of aromatic carboxylic acids is 1. The molecule has 1 aliphatic carbocycles. The number of carboxylic acid groups (broad SMARTS) is 1. The lowest BCUT2D eigenvalue weighted by atomic mass is 10.0. The van der Waals surface area contributed by atoms with E-state index in [0.29, 0.717) is 41.2 Å². The highest BCUT2D eigenvalue weighted by atomic mass is 35.5. The maximum atomic E-state index is 14.9. The number of aryl methyl sites for hydroxylation is 1. The summed E-state index contributed by atoms with van der Waals surface area (Å²) >= 11 is 0. The molecular weight excluding hydrogens is 373 g/mol. The Kier molecular flexibility index (Phi) is 5.18. The molecule has 1 atom stereocenters. The molecule has 2 aromatic rings. The van der Waals surface area contributed by atoms with Gasteiger partial charge in [0.1, 0.15) is 11.4 Å². The normalized spacial score (nSPS) is 19.4. The van der Waals surface area contributed by atoms with Gasteiger partial charge in [-0.05, 0) is 56.3 Å². The third kappa shape index (κ3) is 3.19. The van der Waals surface area contributed by atoms with Crippen molar-refractivity contribution in [1.29, 1.82) is 0 Å². The first-order valence-corrected chi connectivity index (χ1v) is 8.99. The Labute approximate surface area is 162 Å². The van der Waals surface area contributed by atoms with Crippen LogP contribution in [-0.2, 0) is 0 Å². The number of carbonyl (C=O) groups is 1. The standard InChI is InChI=1S/C19H22FN3O3.ClH/c1-10-16-12(6-14(19(25)26)18(24)23(16)13-2-3-13)7-15(20)17(10)22-5-4-11(8-21)9-22;/h6-7,11,13H,2-5,8-9,21H2,1H3,(H,25,26);1H. The Morgan fingerprint density at radius 1 is 1.33 bits per heavy atom. The zero-order valence-electron chi connectivity index (χ0n) is 15.1. The van der Waals surface area contributed by atoms with E-state index in [0.717, 1.165) is 25.8 Å². The lowest BCUT2D eigenvalue weighted by Gasteiger charge is -2.24. The van der Waals surface area contributed by atoms with Gasteiger partial charge in [0.05, 0.1) is 11.2 Å². The van der Waals surface area contributed by atoms with E-state index in [9.17, 15) is 19.1 Å². The molecule has 2 fully saturated rings. The van der Waals surface area contributed by atoms with Gasteiger partial charge >= 0.3 is 5.97 Å². The van der Waals surface area contributed by atoms with Crippen molar-refractivity contribution in [3.05, 3.63) is 39.4 Å². The molecule has 0 amide bonds. The van der Waals surface area contributed by atoms with E-state index in [-0.39, 0.29) is 29.8 Å². The first-order valence-electron chi connectivity index (χ1n) is 8.99. The molecule has 2 heterocycles.